The van der Waals surface area contributed by atoms with Gasteiger partial charge in [0.2, 0.25) is 11.7 Å². The first-order valence-electron chi connectivity index (χ1n) is 7.73. The van der Waals surface area contributed by atoms with Gasteiger partial charge in [0.1, 0.15) is 12.0 Å². The molecule has 3 rings (SSSR count). The SMILES string of the molecule is CN(Cc1ccccc1)c1nc(C(=O)Nc2cnoc2)c(O)c(=O)n1C. The van der Waals surface area contributed by atoms with Gasteiger partial charge in [-0.2, -0.15) is 0 Å². The van der Waals surface area contributed by atoms with Gasteiger partial charge in [-0.3, -0.25) is 14.2 Å². The molecule has 0 spiro atoms. The summed E-state index contributed by atoms with van der Waals surface area (Å²) in [6.45, 7) is 0.471. The van der Waals surface area contributed by atoms with Crippen LogP contribution in [-0.4, -0.2) is 32.8 Å². The van der Waals surface area contributed by atoms with Crippen molar-refractivity contribution in [1.29, 1.82) is 0 Å². The molecule has 134 valence electrons. The number of hydrogen-bond acceptors (Lipinski definition) is 7. The molecule has 0 fully saturated rings. The second kappa shape index (κ2) is 7.09. The van der Waals surface area contributed by atoms with Crippen LogP contribution in [0.25, 0.3) is 0 Å². The maximum atomic E-state index is 12.4. The Morgan fingerprint density at radius 1 is 1.35 bits per heavy atom. The molecular weight excluding hydrogens is 338 g/mol. The summed E-state index contributed by atoms with van der Waals surface area (Å²) in [5.74, 6) is -1.22. The molecule has 0 radical (unpaired) electrons. The minimum atomic E-state index is -0.738. The van der Waals surface area contributed by atoms with E-state index in [9.17, 15) is 14.7 Å². The first kappa shape index (κ1) is 17.2. The van der Waals surface area contributed by atoms with Crippen LogP contribution in [0.5, 0.6) is 5.75 Å². The Hall–Kier alpha value is -3.62. The number of benzene rings is 1. The molecule has 0 saturated carbocycles. The highest BCUT2D eigenvalue weighted by atomic mass is 16.5. The summed E-state index contributed by atoms with van der Waals surface area (Å²) in [4.78, 5) is 30.6. The van der Waals surface area contributed by atoms with E-state index in [0.29, 0.717) is 6.54 Å². The van der Waals surface area contributed by atoms with Crippen molar-refractivity contribution >= 4 is 17.5 Å². The van der Waals surface area contributed by atoms with Crippen molar-refractivity contribution in [3.63, 3.8) is 0 Å². The maximum absolute atomic E-state index is 12.4. The molecule has 0 unspecified atom stereocenters. The summed E-state index contributed by atoms with van der Waals surface area (Å²) < 4.78 is 5.82. The lowest BCUT2D eigenvalue weighted by molar-refractivity contribution is 0.101. The summed E-state index contributed by atoms with van der Waals surface area (Å²) in [5.41, 5.74) is 0.207. The Labute approximate surface area is 148 Å². The highest BCUT2D eigenvalue weighted by Crippen LogP contribution is 2.18. The third-order valence-corrected chi connectivity index (χ3v) is 3.75. The predicted molar refractivity (Wildman–Crippen MR) is 94.1 cm³/mol. The van der Waals surface area contributed by atoms with Gasteiger partial charge >= 0.3 is 0 Å². The van der Waals surface area contributed by atoms with Gasteiger partial charge in [0.15, 0.2) is 5.69 Å². The quantitative estimate of drug-likeness (QED) is 0.710. The highest BCUT2D eigenvalue weighted by Gasteiger charge is 2.22. The fourth-order valence-corrected chi connectivity index (χ4v) is 2.46. The van der Waals surface area contributed by atoms with Gasteiger partial charge < -0.3 is 19.8 Å². The number of hydrogen-bond donors (Lipinski definition) is 2. The lowest BCUT2D eigenvalue weighted by atomic mass is 10.2. The second-order valence-corrected chi connectivity index (χ2v) is 5.68. The van der Waals surface area contributed by atoms with Crippen LogP contribution in [-0.2, 0) is 13.6 Å². The Kier molecular flexibility index (Phi) is 4.70. The molecule has 3 aromatic rings. The number of nitrogens with zero attached hydrogens (tertiary/aromatic N) is 4. The van der Waals surface area contributed by atoms with E-state index < -0.39 is 17.2 Å². The molecule has 0 atom stereocenters. The fourth-order valence-electron chi connectivity index (χ4n) is 2.46. The molecule has 0 aliphatic rings. The number of rotatable bonds is 5. The molecule has 0 aliphatic carbocycles. The number of carbonyl (C=O) groups excluding carboxylic acids is 1. The van der Waals surface area contributed by atoms with Crippen LogP contribution >= 0.6 is 0 Å². The van der Waals surface area contributed by atoms with Gasteiger partial charge in [-0.1, -0.05) is 35.5 Å². The maximum Gasteiger partial charge on any atom is 0.297 e. The number of aromatic nitrogens is 3. The number of anilines is 2. The standard InChI is InChI=1S/C17H17N5O4/c1-21(9-11-6-4-3-5-7-11)17-20-13(14(23)16(25)22(17)2)15(24)19-12-8-18-26-10-12/h3-8,10,23H,9H2,1-2H3,(H,19,24). The van der Waals surface area contributed by atoms with Crippen LogP contribution in [0.15, 0.2) is 52.1 Å². The van der Waals surface area contributed by atoms with Crippen molar-refractivity contribution in [3.8, 4) is 5.75 Å². The monoisotopic (exact) mass is 355 g/mol. The van der Waals surface area contributed by atoms with Crippen molar-refractivity contribution in [1.82, 2.24) is 14.7 Å². The molecular formula is C17H17N5O4. The largest absolute Gasteiger partial charge is 0.501 e. The van der Waals surface area contributed by atoms with Crippen molar-refractivity contribution in [2.24, 2.45) is 7.05 Å². The summed E-state index contributed by atoms with van der Waals surface area (Å²) in [6.07, 6.45) is 2.51. The summed E-state index contributed by atoms with van der Waals surface area (Å²) in [5, 5.41) is 16.0. The summed E-state index contributed by atoms with van der Waals surface area (Å²) in [6, 6.07) is 9.60. The Balaban J connectivity index is 1.94. The topological polar surface area (TPSA) is 113 Å². The molecule has 2 N–H and O–H groups in total. The number of aromatic hydroxyl groups is 1. The molecule has 1 amide bonds. The molecule has 0 aliphatic heterocycles. The van der Waals surface area contributed by atoms with Gasteiger partial charge in [0.25, 0.3) is 11.5 Å². The normalized spacial score (nSPS) is 10.5. The first-order chi connectivity index (χ1) is 12.5. The molecule has 9 heteroatoms. The zero-order valence-corrected chi connectivity index (χ0v) is 14.2. The zero-order chi connectivity index (χ0) is 18.7. The average molecular weight is 355 g/mol. The summed E-state index contributed by atoms with van der Waals surface area (Å²) >= 11 is 0. The van der Waals surface area contributed by atoms with Gasteiger partial charge in [0.05, 0.1) is 6.20 Å². The molecule has 1 aromatic carbocycles. The van der Waals surface area contributed by atoms with Crippen molar-refractivity contribution < 1.29 is 14.4 Å². The fraction of sp³-hybridized carbons (Fsp3) is 0.176. The van der Waals surface area contributed by atoms with Crippen molar-refractivity contribution in [3.05, 3.63) is 64.4 Å². The van der Waals surface area contributed by atoms with Gasteiger partial charge in [-0.15, -0.1) is 0 Å². The lowest BCUT2D eigenvalue weighted by Crippen LogP contribution is -2.31. The Bertz CT molecular complexity index is 967. The second-order valence-electron chi connectivity index (χ2n) is 5.68. The molecule has 0 bridgehead atoms. The molecule has 2 heterocycles. The van der Waals surface area contributed by atoms with E-state index >= 15 is 0 Å². The highest BCUT2D eigenvalue weighted by molar-refractivity contribution is 6.04. The van der Waals surface area contributed by atoms with Gasteiger partial charge in [-0.25, -0.2) is 4.98 Å². The third-order valence-electron chi connectivity index (χ3n) is 3.75. The van der Waals surface area contributed by atoms with Gasteiger partial charge in [-0.05, 0) is 5.56 Å². The predicted octanol–water partition coefficient (Wildman–Crippen LogP) is 1.36. The van der Waals surface area contributed by atoms with Crippen molar-refractivity contribution in [2.75, 3.05) is 17.3 Å². The van der Waals surface area contributed by atoms with Crippen LogP contribution in [0.3, 0.4) is 0 Å². The molecule has 9 nitrogen and oxygen atoms in total. The molecule has 2 aromatic heterocycles. The van der Waals surface area contributed by atoms with E-state index in [4.69, 9.17) is 0 Å². The molecule has 26 heavy (non-hydrogen) atoms. The zero-order valence-electron chi connectivity index (χ0n) is 14.2. The number of nitrogens with one attached hydrogen (secondary N) is 1. The van der Waals surface area contributed by atoms with E-state index in [1.54, 1.807) is 11.9 Å². The van der Waals surface area contributed by atoms with Crippen LogP contribution in [0.1, 0.15) is 16.1 Å². The van der Waals surface area contributed by atoms with E-state index in [2.05, 4.69) is 20.0 Å². The average Bonchev–Trinajstić information content (AvgIpc) is 3.13. The van der Waals surface area contributed by atoms with Crippen LogP contribution in [0.4, 0.5) is 11.6 Å². The van der Waals surface area contributed by atoms with Crippen LogP contribution in [0.2, 0.25) is 0 Å². The van der Waals surface area contributed by atoms with E-state index in [1.807, 2.05) is 30.3 Å². The van der Waals surface area contributed by atoms with Crippen LogP contribution in [0, 0.1) is 0 Å². The lowest BCUT2D eigenvalue weighted by Gasteiger charge is -2.21. The minimum absolute atomic E-state index is 0.243. The minimum Gasteiger partial charge on any atom is -0.501 e. The molecule has 0 saturated heterocycles. The van der Waals surface area contributed by atoms with E-state index in [1.165, 1.54) is 24.1 Å². The van der Waals surface area contributed by atoms with E-state index in [0.717, 1.165) is 5.56 Å². The third kappa shape index (κ3) is 3.41. The Morgan fingerprint density at radius 3 is 2.73 bits per heavy atom. The van der Waals surface area contributed by atoms with Crippen molar-refractivity contribution in [2.45, 2.75) is 6.54 Å². The Morgan fingerprint density at radius 2 is 2.08 bits per heavy atom. The van der Waals surface area contributed by atoms with E-state index in [-0.39, 0.29) is 17.3 Å². The number of carbonyl (C=O) groups is 1. The van der Waals surface area contributed by atoms with Gasteiger partial charge in [0, 0.05) is 20.6 Å². The smallest absolute Gasteiger partial charge is 0.297 e. The summed E-state index contributed by atoms with van der Waals surface area (Å²) in [7, 11) is 3.22. The first-order valence-corrected chi connectivity index (χ1v) is 7.73. The van der Waals surface area contributed by atoms with Crippen LogP contribution < -0.4 is 15.8 Å². The number of amides is 1.